The molecule has 0 saturated heterocycles. The molecule has 1 spiro atoms. The average Bonchev–Trinajstić information content (AvgIpc) is 3.00. The number of amides is 3. The van der Waals surface area contributed by atoms with E-state index in [-0.39, 0.29) is 29.2 Å². The summed E-state index contributed by atoms with van der Waals surface area (Å²) < 4.78 is 6.86. The molecule has 0 bridgehead atoms. The minimum Gasteiger partial charge on any atom is -0.508 e. The van der Waals surface area contributed by atoms with Crippen molar-refractivity contribution in [2.24, 2.45) is 21.7 Å². The van der Waals surface area contributed by atoms with Gasteiger partial charge in [-0.2, -0.15) is 5.10 Å². The van der Waals surface area contributed by atoms with Crippen LogP contribution in [0.2, 0.25) is 0 Å². The van der Waals surface area contributed by atoms with Crippen molar-refractivity contribution in [2.45, 2.75) is 52.7 Å². The highest BCUT2D eigenvalue weighted by Gasteiger charge is 2.63. The predicted octanol–water partition coefficient (Wildman–Crippen LogP) is 3.27. The van der Waals surface area contributed by atoms with Crippen LogP contribution in [-0.2, 0) is 6.42 Å². The SMILES string of the molecule is CC1=CC=C2C(C)(C)C(=NNC(N)=O)C(O)=CC23Oc2c(c(O)cc4c2C(C)NC4=O)CC13C. The van der Waals surface area contributed by atoms with Gasteiger partial charge in [-0.05, 0) is 31.9 Å². The molecule has 34 heavy (non-hydrogen) atoms. The molecule has 178 valence electrons. The van der Waals surface area contributed by atoms with E-state index < -0.39 is 22.5 Å². The molecule has 5 rings (SSSR count). The molecule has 0 saturated carbocycles. The van der Waals surface area contributed by atoms with Gasteiger partial charge in [-0.1, -0.05) is 38.5 Å². The Morgan fingerprint density at radius 1 is 1.29 bits per heavy atom. The van der Waals surface area contributed by atoms with Gasteiger partial charge in [0.15, 0.2) is 5.60 Å². The minimum atomic E-state index is -1.12. The zero-order valence-electron chi connectivity index (χ0n) is 19.7. The first-order chi connectivity index (χ1) is 15.8. The van der Waals surface area contributed by atoms with Crippen molar-refractivity contribution < 1.29 is 24.5 Å². The van der Waals surface area contributed by atoms with Gasteiger partial charge in [-0.25, -0.2) is 10.2 Å². The Balaban J connectivity index is 1.80. The Morgan fingerprint density at radius 2 is 2.00 bits per heavy atom. The van der Waals surface area contributed by atoms with Gasteiger partial charge in [-0.3, -0.25) is 4.79 Å². The zero-order chi connectivity index (χ0) is 24.8. The number of aliphatic hydroxyl groups is 1. The van der Waals surface area contributed by atoms with Crippen molar-refractivity contribution in [3.8, 4) is 11.5 Å². The molecule has 0 radical (unpaired) electrons. The Hall–Kier alpha value is -3.75. The topological polar surface area (TPSA) is 146 Å². The summed E-state index contributed by atoms with van der Waals surface area (Å²) in [5, 5.41) is 29.0. The predicted molar refractivity (Wildman–Crippen MR) is 126 cm³/mol. The fourth-order valence-corrected chi connectivity index (χ4v) is 5.97. The summed E-state index contributed by atoms with van der Waals surface area (Å²) in [7, 11) is 0. The van der Waals surface area contributed by atoms with Crippen LogP contribution in [0, 0.1) is 10.8 Å². The Kier molecular flexibility index (Phi) is 4.31. The van der Waals surface area contributed by atoms with Crippen LogP contribution in [-0.4, -0.2) is 33.5 Å². The van der Waals surface area contributed by atoms with E-state index in [9.17, 15) is 19.8 Å². The summed E-state index contributed by atoms with van der Waals surface area (Å²) in [5.74, 6) is 0.0581. The molecule has 2 heterocycles. The smallest absolute Gasteiger partial charge is 0.332 e. The van der Waals surface area contributed by atoms with Crippen molar-refractivity contribution in [1.82, 2.24) is 10.7 Å². The number of rotatable bonds is 1. The largest absolute Gasteiger partial charge is 0.508 e. The standard InChI is InChI=1S/C25H28N4O5/c1-11-6-7-17-23(3,4)20(28-29-22(26)33)16(31)10-25(17)24(11,5)9-14-15(30)8-13-18(19(14)34-25)12(2)27-21(13)32/h6-8,10,12,30-31H,9H2,1-5H3,(H,27,32)(H3,26,29,33). The van der Waals surface area contributed by atoms with Gasteiger partial charge >= 0.3 is 6.03 Å². The molecule has 9 nitrogen and oxygen atoms in total. The molecule has 1 aromatic carbocycles. The van der Waals surface area contributed by atoms with Crippen LogP contribution in [0.3, 0.4) is 0 Å². The summed E-state index contributed by atoms with van der Waals surface area (Å²) in [4.78, 5) is 23.8. The third-order valence-corrected chi connectivity index (χ3v) is 7.93. The van der Waals surface area contributed by atoms with Crippen LogP contribution in [0.15, 0.2) is 46.3 Å². The number of primary amides is 1. The number of phenols is 1. The number of hydrazone groups is 1. The lowest BCUT2D eigenvalue weighted by Gasteiger charge is -2.58. The van der Waals surface area contributed by atoms with Crippen molar-refractivity contribution in [3.63, 3.8) is 0 Å². The number of nitrogens with one attached hydrogen (secondary N) is 2. The van der Waals surface area contributed by atoms with Crippen LogP contribution >= 0.6 is 0 Å². The summed E-state index contributed by atoms with van der Waals surface area (Å²) in [6.07, 6.45) is 6.02. The maximum absolute atomic E-state index is 12.5. The number of carbonyl (C=O) groups excluding carboxylic acids is 2. The average molecular weight is 465 g/mol. The summed E-state index contributed by atoms with van der Waals surface area (Å²) in [6, 6.07) is 0.375. The molecular formula is C25H28N4O5. The van der Waals surface area contributed by atoms with Crippen LogP contribution in [0.4, 0.5) is 4.79 Å². The molecule has 2 aliphatic carbocycles. The maximum Gasteiger partial charge on any atom is 0.332 e. The number of hydrogen-bond acceptors (Lipinski definition) is 6. The number of urea groups is 1. The summed E-state index contributed by atoms with van der Waals surface area (Å²) in [5.41, 5.74) is 8.57. The number of aliphatic hydroxyl groups excluding tert-OH is 1. The van der Waals surface area contributed by atoms with Crippen molar-refractivity contribution in [1.29, 1.82) is 0 Å². The molecule has 3 atom stereocenters. The molecule has 9 heteroatoms. The third-order valence-electron chi connectivity index (χ3n) is 7.93. The summed E-state index contributed by atoms with van der Waals surface area (Å²) in [6.45, 7) is 9.69. The maximum atomic E-state index is 12.5. The molecule has 3 amide bonds. The van der Waals surface area contributed by atoms with E-state index in [1.54, 1.807) is 6.08 Å². The highest BCUT2D eigenvalue weighted by atomic mass is 16.5. The van der Waals surface area contributed by atoms with E-state index in [2.05, 4.69) is 15.8 Å². The lowest BCUT2D eigenvalue weighted by atomic mass is 9.52. The van der Waals surface area contributed by atoms with Crippen LogP contribution in [0.1, 0.15) is 62.1 Å². The van der Waals surface area contributed by atoms with Crippen molar-refractivity contribution in [3.05, 3.63) is 57.9 Å². The Labute approximate surface area is 197 Å². The van der Waals surface area contributed by atoms with E-state index in [0.29, 0.717) is 28.9 Å². The lowest BCUT2D eigenvalue weighted by molar-refractivity contribution is 0.00592. The van der Waals surface area contributed by atoms with Gasteiger partial charge in [0.2, 0.25) is 0 Å². The van der Waals surface area contributed by atoms with Gasteiger partial charge < -0.3 is 26.0 Å². The number of benzene rings is 1. The first-order valence-corrected chi connectivity index (χ1v) is 11.2. The van der Waals surface area contributed by atoms with E-state index in [0.717, 1.165) is 11.1 Å². The molecule has 0 fully saturated rings. The third kappa shape index (κ3) is 2.58. The second-order valence-electron chi connectivity index (χ2n) is 10.2. The van der Waals surface area contributed by atoms with Gasteiger partial charge in [0, 0.05) is 28.0 Å². The highest BCUT2D eigenvalue weighted by Crippen LogP contribution is 2.63. The second kappa shape index (κ2) is 6.65. The number of hydrogen-bond donors (Lipinski definition) is 5. The normalized spacial score (nSPS) is 31.6. The number of aromatic hydroxyl groups is 1. The Bertz CT molecular complexity index is 1300. The van der Waals surface area contributed by atoms with E-state index >= 15 is 0 Å². The quantitative estimate of drug-likeness (QED) is 0.405. The van der Waals surface area contributed by atoms with Crippen LogP contribution in [0.5, 0.6) is 11.5 Å². The molecular weight excluding hydrogens is 436 g/mol. The van der Waals surface area contributed by atoms with Gasteiger partial charge in [-0.15, -0.1) is 0 Å². The van der Waals surface area contributed by atoms with Crippen molar-refractivity contribution >= 4 is 17.6 Å². The molecule has 3 unspecified atom stereocenters. The fourth-order valence-electron chi connectivity index (χ4n) is 5.97. The number of ether oxygens (including phenoxy) is 1. The monoisotopic (exact) mass is 464 g/mol. The van der Waals surface area contributed by atoms with Gasteiger partial charge in [0.05, 0.1) is 11.6 Å². The number of carbonyl (C=O) groups is 2. The number of nitrogens with two attached hydrogens (primary N) is 1. The minimum absolute atomic E-state index is 0.00848. The Morgan fingerprint density at radius 3 is 2.68 bits per heavy atom. The van der Waals surface area contributed by atoms with Crippen LogP contribution < -0.4 is 21.2 Å². The molecule has 2 aliphatic heterocycles. The number of phenolic OH excluding ortho intramolecular Hbond substituents is 1. The summed E-state index contributed by atoms with van der Waals surface area (Å²) >= 11 is 0. The van der Waals surface area contributed by atoms with Crippen LogP contribution in [0.25, 0.3) is 0 Å². The molecule has 4 aliphatic rings. The fraction of sp³-hybridized carbons (Fsp3) is 0.400. The van der Waals surface area contributed by atoms with Gasteiger partial charge in [0.25, 0.3) is 5.91 Å². The van der Waals surface area contributed by atoms with Crippen molar-refractivity contribution in [2.75, 3.05) is 0 Å². The number of allylic oxidation sites excluding steroid dienone is 3. The van der Waals surface area contributed by atoms with E-state index in [1.165, 1.54) is 6.07 Å². The molecule has 6 N–H and O–H groups in total. The zero-order valence-corrected chi connectivity index (χ0v) is 19.7. The van der Waals surface area contributed by atoms with Gasteiger partial charge in [0.1, 0.15) is 23.0 Å². The highest BCUT2D eigenvalue weighted by molar-refractivity contribution is 6.07. The van der Waals surface area contributed by atoms with E-state index in [4.69, 9.17) is 10.5 Å². The second-order valence-corrected chi connectivity index (χ2v) is 10.2. The molecule has 1 aromatic rings. The first kappa shape index (κ1) is 22.1. The lowest BCUT2D eigenvalue weighted by Crippen LogP contribution is -2.62. The number of nitrogens with zero attached hydrogens (tertiary/aromatic N) is 1. The first-order valence-electron chi connectivity index (χ1n) is 11.2. The molecule has 0 aromatic heterocycles. The van der Waals surface area contributed by atoms with E-state index in [1.807, 2.05) is 46.8 Å². The number of fused-ring (bicyclic) bond motifs is 3.